The molecule has 1 aliphatic heterocycles. The highest BCUT2D eigenvalue weighted by Crippen LogP contribution is 2.51. The Hall–Kier alpha value is -2.26. The molecule has 6 rings (SSSR count). The van der Waals surface area contributed by atoms with E-state index in [4.69, 9.17) is 0 Å². The molecule has 0 amide bonds. The number of aryl methyl sites for hydroxylation is 1. The molecule has 3 aliphatic carbocycles. The molecule has 4 aliphatic rings. The van der Waals surface area contributed by atoms with Crippen molar-refractivity contribution in [2.75, 3.05) is 0 Å². The third-order valence-corrected chi connectivity index (χ3v) is 8.02. The van der Waals surface area contributed by atoms with Gasteiger partial charge in [0.2, 0.25) is 0 Å². The number of nitrogens with zero attached hydrogens (tertiary/aromatic N) is 1. The Morgan fingerprint density at radius 2 is 1.75 bits per heavy atom. The number of benzene rings is 2. The van der Waals surface area contributed by atoms with E-state index in [0.717, 1.165) is 18.8 Å². The van der Waals surface area contributed by atoms with E-state index in [1.807, 2.05) is 19.1 Å². The quantitative estimate of drug-likeness (QED) is 0.477. The van der Waals surface area contributed by atoms with Crippen molar-refractivity contribution >= 4 is 11.6 Å². The van der Waals surface area contributed by atoms with Gasteiger partial charge in [0.25, 0.3) is 0 Å². The maximum atomic E-state index is 15.5. The van der Waals surface area contributed by atoms with Crippen LogP contribution in [0.15, 0.2) is 48.6 Å². The number of rotatable bonds is 4. The van der Waals surface area contributed by atoms with Crippen LogP contribution in [-0.2, 0) is 0 Å². The third kappa shape index (κ3) is 3.75. The molecule has 2 aromatic rings. The average Bonchev–Trinajstić information content (AvgIpc) is 2.73. The van der Waals surface area contributed by atoms with Gasteiger partial charge < -0.3 is 0 Å². The maximum Gasteiger partial charge on any atom is 0.131 e. The molecule has 3 heteroatoms. The topological polar surface area (TPSA) is 3.24 Å². The number of hydrogen-bond donors (Lipinski definition) is 0. The fourth-order valence-electron chi connectivity index (χ4n) is 6.49. The number of hydrogen-bond acceptors (Lipinski definition) is 1. The molecule has 0 unspecified atom stereocenters. The Morgan fingerprint density at radius 3 is 2.38 bits per heavy atom. The van der Waals surface area contributed by atoms with E-state index in [2.05, 4.69) is 43.0 Å². The van der Waals surface area contributed by atoms with Crippen molar-refractivity contribution in [3.8, 4) is 0 Å². The molecule has 2 bridgehead atoms. The standard InChI is InChI=1S/C29H33F2N/c1-4-7-20-15-25(30)29(26(31)16-20)28-17-22(24-9-6-5-8-18(24)2)12-19(3)32(28)27-11-10-21-13-23(27)14-21/h4-9,15-17,19,21,23,27-28H,10-14H2,1-3H3/b7-4+/t19-,21?,23?,27+,28+/m1/s1. The molecule has 1 heterocycles. The summed E-state index contributed by atoms with van der Waals surface area (Å²) in [7, 11) is 0. The van der Waals surface area contributed by atoms with Gasteiger partial charge in [-0.3, -0.25) is 4.90 Å². The lowest BCUT2D eigenvalue weighted by atomic mass is 9.61. The summed E-state index contributed by atoms with van der Waals surface area (Å²) >= 11 is 0. The minimum Gasteiger partial charge on any atom is -0.286 e. The van der Waals surface area contributed by atoms with E-state index in [1.165, 1.54) is 48.1 Å². The number of halogens is 2. The van der Waals surface area contributed by atoms with Crippen molar-refractivity contribution in [1.29, 1.82) is 0 Å². The monoisotopic (exact) mass is 433 g/mol. The van der Waals surface area contributed by atoms with Crippen molar-refractivity contribution in [3.63, 3.8) is 0 Å². The van der Waals surface area contributed by atoms with Crippen molar-refractivity contribution in [2.45, 2.75) is 71.0 Å². The van der Waals surface area contributed by atoms with E-state index in [-0.39, 0.29) is 17.6 Å². The SMILES string of the molecule is C/C=C/c1cc(F)c([C@@H]2C=C(c3ccccc3C)C[C@@H](C)N2[C@H]2CCC3CC2C3)c(F)c1. The van der Waals surface area contributed by atoms with Gasteiger partial charge in [0.05, 0.1) is 6.04 Å². The van der Waals surface area contributed by atoms with Gasteiger partial charge in [-0.25, -0.2) is 8.78 Å². The zero-order chi connectivity index (χ0) is 22.4. The molecule has 3 saturated carbocycles. The molecular formula is C29H33F2N. The predicted octanol–water partition coefficient (Wildman–Crippen LogP) is 7.71. The van der Waals surface area contributed by atoms with Gasteiger partial charge in [0.15, 0.2) is 0 Å². The molecule has 1 nitrogen and oxygen atoms in total. The highest BCUT2D eigenvalue weighted by Gasteiger charge is 2.47. The Bertz CT molecular complexity index is 1040. The highest BCUT2D eigenvalue weighted by atomic mass is 19.1. The summed E-state index contributed by atoms with van der Waals surface area (Å²) in [4.78, 5) is 2.46. The minimum atomic E-state index is -0.440. The van der Waals surface area contributed by atoms with E-state index in [9.17, 15) is 0 Å². The minimum absolute atomic E-state index is 0.206. The Labute approximate surface area is 190 Å². The van der Waals surface area contributed by atoms with Gasteiger partial charge in [-0.15, -0.1) is 0 Å². The zero-order valence-corrected chi connectivity index (χ0v) is 19.3. The van der Waals surface area contributed by atoms with E-state index in [1.54, 1.807) is 6.08 Å². The van der Waals surface area contributed by atoms with Crippen LogP contribution in [0.2, 0.25) is 0 Å². The lowest BCUT2D eigenvalue weighted by Crippen LogP contribution is -2.54. The summed E-state index contributed by atoms with van der Waals surface area (Å²) in [6, 6.07) is 11.6. The zero-order valence-electron chi connectivity index (χ0n) is 19.3. The van der Waals surface area contributed by atoms with E-state index >= 15 is 8.78 Å². The van der Waals surface area contributed by atoms with Crippen LogP contribution in [0.25, 0.3) is 11.6 Å². The molecule has 3 atom stereocenters. The molecule has 0 aromatic heterocycles. The van der Waals surface area contributed by atoms with Gasteiger partial charge in [0, 0.05) is 17.6 Å². The number of allylic oxidation sites excluding steroid dienone is 1. The van der Waals surface area contributed by atoms with E-state index < -0.39 is 11.6 Å². The van der Waals surface area contributed by atoms with Gasteiger partial charge in [-0.2, -0.15) is 0 Å². The second-order valence-corrected chi connectivity index (χ2v) is 10.1. The molecule has 0 radical (unpaired) electrons. The molecule has 0 spiro atoms. The first-order valence-electron chi connectivity index (χ1n) is 12.1. The predicted molar refractivity (Wildman–Crippen MR) is 128 cm³/mol. The van der Waals surface area contributed by atoms with Crippen LogP contribution in [0.3, 0.4) is 0 Å². The van der Waals surface area contributed by atoms with Crippen LogP contribution < -0.4 is 0 Å². The third-order valence-electron chi connectivity index (χ3n) is 8.02. The summed E-state index contributed by atoms with van der Waals surface area (Å²) in [6.07, 6.45) is 11.6. The second-order valence-electron chi connectivity index (χ2n) is 10.1. The van der Waals surface area contributed by atoms with Crippen LogP contribution in [-0.4, -0.2) is 17.0 Å². The van der Waals surface area contributed by atoms with E-state index in [0.29, 0.717) is 17.5 Å². The van der Waals surface area contributed by atoms with Crippen LogP contribution in [0, 0.1) is 30.4 Å². The van der Waals surface area contributed by atoms with Gasteiger partial charge in [0.1, 0.15) is 11.6 Å². The maximum absolute atomic E-state index is 15.5. The molecular weight excluding hydrogens is 400 g/mol. The molecule has 32 heavy (non-hydrogen) atoms. The molecule has 2 aromatic carbocycles. The fraction of sp³-hybridized carbons (Fsp3) is 0.448. The van der Waals surface area contributed by atoms with Crippen molar-refractivity contribution in [1.82, 2.24) is 4.90 Å². The summed E-state index contributed by atoms with van der Waals surface area (Å²) in [5, 5.41) is 0. The first kappa shape index (κ1) is 21.6. The fourth-order valence-corrected chi connectivity index (χ4v) is 6.49. The first-order valence-corrected chi connectivity index (χ1v) is 12.1. The van der Waals surface area contributed by atoms with Crippen LogP contribution >= 0.6 is 0 Å². The van der Waals surface area contributed by atoms with Gasteiger partial charge in [-0.05, 0) is 99.1 Å². The van der Waals surface area contributed by atoms with Crippen LogP contribution in [0.1, 0.15) is 74.2 Å². The van der Waals surface area contributed by atoms with Gasteiger partial charge >= 0.3 is 0 Å². The normalized spacial score (nSPS) is 30.3. The van der Waals surface area contributed by atoms with Crippen LogP contribution in [0.4, 0.5) is 8.78 Å². The second kappa shape index (κ2) is 8.59. The molecule has 0 saturated heterocycles. The van der Waals surface area contributed by atoms with Gasteiger partial charge in [-0.1, -0.05) is 42.5 Å². The number of fused-ring (bicyclic) bond motifs is 2. The summed E-state index contributed by atoms with van der Waals surface area (Å²) in [6.45, 7) is 6.22. The summed E-state index contributed by atoms with van der Waals surface area (Å²) < 4.78 is 30.9. The smallest absolute Gasteiger partial charge is 0.131 e. The Kier molecular flexibility index (Phi) is 5.79. The molecule has 0 N–H and O–H groups in total. The lowest BCUT2D eigenvalue weighted by Gasteiger charge is -2.55. The Morgan fingerprint density at radius 1 is 1.03 bits per heavy atom. The van der Waals surface area contributed by atoms with Crippen LogP contribution in [0.5, 0.6) is 0 Å². The molecule has 168 valence electrons. The lowest BCUT2D eigenvalue weighted by molar-refractivity contribution is -0.0321. The summed E-state index contributed by atoms with van der Waals surface area (Å²) in [5.74, 6) is 0.664. The van der Waals surface area contributed by atoms with Crippen molar-refractivity contribution < 1.29 is 8.78 Å². The van der Waals surface area contributed by atoms with Crippen molar-refractivity contribution in [3.05, 3.63) is 82.4 Å². The Balaban J connectivity index is 1.63. The largest absolute Gasteiger partial charge is 0.286 e. The average molecular weight is 434 g/mol. The summed E-state index contributed by atoms with van der Waals surface area (Å²) in [5.41, 5.74) is 4.39. The van der Waals surface area contributed by atoms with Crippen molar-refractivity contribution in [2.24, 2.45) is 11.8 Å². The highest BCUT2D eigenvalue weighted by molar-refractivity contribution is 5.70. The first-order chi connectivity index (χ1) is 15.5. The molecule has 3 fully saturated rings.